The molecule has 17 heavy (non-hydrogen) atoms. The van der Waals surface area contributed by atoms with Gasteiger partial charge >= 0.3 is 0 Å². The van der Waals surface area contributed by atoms with E-state index in [0.717, 1.165) is 23.6 Å². The number of nitriles is 1. The second-order valence-electron chi connectivity index (χ2n) is 4.40. The Kier molecular flexibility index (Phi) is 9.04. The molecule has 4 heteroatoms. The van der Waals surface area contributed by atoms with Crippen LogP contribution in [0.5, 0.6) is 0 Å². The van der Waals surface area contributed by atoms with Gasteiger partial charge in [0.2, 0.25) is 0 Å². The van der Waals surface area contributed by atoms with Crippen molar-refractivity contribution in [3.8, 4) is 6.07 Å². The lowest BCUT2D eigenvalue weighted by Gasteiger charge is -2.31. The number of nitrogens with zero attached hydrogens (tertiary/aromatic N) is 1. The minimum absolute atomic E-state index is 0.637. The molecule has 2 atom stereocenters. The van der Waals surface area contributed by atoms with Gasteiger partial charge in [0.15, 0.2) is 0 Å². The maximum atomic E-state index is 8.43. The van der Waals surface area contributed by atoms with E-state index in [1.165, 1.54) is 37.9 Å². The summed E-state index contributed by atoms with van der Waals surface area (Å²) in [5, 5.41) is 13.0. The maximum Gasteiger partial charge on any atom is 0.0808 e. The summed E-state index contributed by atoms with van der Waals surface area (Å²) in [5.41, 5.74) is 0. The summed E-state index contributed by atoms with van der Waals surface area (Å²) < 4.78 is 0. The fourth-order valence-electron chi connectivity index (χ4n) is 2.32. The van der Waals surface area contributed by atoms with E-state index >= 15 is 0 Å². The highest BCUT2D eigenvalue weighted by Crippen LogP contribution is 2.28. The summed E-state index contributed by atoms with van der Waals surface area (Å²) in [5.74, 6) is 2.98. The standard InChI is InChI=1S/C13H24N2S2/c1-2-17-13-7-4-3-6-12(13)15-9-5-10-16-11-8-14/h12-13,15H,2-7,9-11H2,1H3/t12-,13+/m1/s1. The largest absolute Gasteiger partial charge is 0.313 e. The Morgan fingerprint density at radius 1 is 1.35 bits per heavy atom. The molecule has 0 aromatic carbocycles. The highest BCUT2D eigenvalue weighted by molar-refractivity contribution is 8.00. The molecule has 1 fully saturated rings. The Morgan fingerprint density at radius 2 is 2.18 bits per heavy atom. The normalized spacial score (nSPS) is 24.5. The maximum absolute atomic E-state index is 8.43. The lowest BCUT2D eigenvalue weighted by Crippen LogP contribution is -2.41. The Hall–Kier alpha value is 0.150. The highest BCUT2D eigenvalue weighted by atomic mass is 32.2. The van der Waals surface area contributed by atoms with Crippen LogP contribution in [-0.2, 0) is 0 Å². The molecule has 0 radical (unpaired) electrons. The SMILES string of the molecule is CCS[C@H]1CCCC[C@H]1NCCCSCC#N. The van der Waals surface area contributed by atoms with Crippen LogP contribution in [0.2, 0.25) is 0 Å². The van der Waals surface area contributed by atoms with Crippen LogP contribution in [-0.4, -0.2) is 35.1 Å². The molecule has 1 rings (SSSR count). The minimum Gasteiger partial charge on any atom is -0.313 e. The van der Waals surface area contributed by atoms with Crippen molar-refractivity contribution in [1.29, 1.82) is 5.26 Å². The fraction of sp³-hybridized carbons (Fsp3) is 0.923. The quantitative estimate of drug-likeness (QED) is 0.688. The van der Waals surface area contributed by atoms with Crippen molar-refractivity contribution in [3.63, 3.8) is 0 Å². The zero-order chi connectivity index (χ0) is 12.3. The van der Waals surface area contributed by atoms with E-state index in [4.69, 9.17) is 5.26 Å². The second-order valence-corrected chi connectivity index (χ2v) is 7.02. The number of rotatable bonds is 8. The summed E-state index contributed by atoms with van der Waals surface area (Å²) in [7, 11) is 0. The van der Waals surface area contributed by atoms with E-state index in [1.54, 1.807) is 11.8 Å². The van der Waals surface area contributed by atoms with Crippen molar-refractivity contribution in [2.45, 2.75) is 50.3 Å². The predicted molar refractivity (Wildman–Crippen MR) is 79.7 cm³/mol. The molecular formula is C13H24N2S2. The number of nitrogens with one attached hydrogen (secondary N) is 1. The van der Waals surface area contributed by atoms with Crippen LogP contribution >= 0.6 is 23.5 Å². The number of thioether (sulfide) groups is 2. The van der Waals surface area contributed by atoms with Gasteiger partial charge in [-0.15, -0.1) is 11.8 Å². The first-order valence-electron chi connectivity index (χ1n) is 6.68. The van der Waals surface area contributed by atoms with E-state index < -0.39 is 0 Å². The van der Waals surface area contributed by atoms with Crippen LogP contribution in [0.1, 0.15) is 39.0 Å². The molecule has 0 unspecified atom stereocenters. The smallest absolute Gasteiger partial charge is 0.0808 e. The van der Waals surface area contributed by atoms with Crippen LogP contribution in [0, 0.1) is 11.3 Å². The summed E-state index contributed by atoms with van der Waals surface area (Å²) >= 11 is 3.87. The van der Waals surface area contributed by atoms with E-state index in [9.17, 15) is 0 Å². The Labute approximate surface area is 114 Å². The van der Waals surface area contributed by atoms with Crippen molar-refractivity contribution in [2.75, 3.05) is 23.8 Å². The molecule has 0 saturated heterocycles. The van der Waals surface area contributed by atoms with Crippen molar-refractivity contribution >= 4 is 23.5 Å². The van der Waals surface area contributed by atoms with Crippen LogP contribution < -0.4 is 5.32 Å². The first kappa shape index (κ1) is 15.2. The van der Waals surface area contributed by atoms with Gasteiger partial charge in [0, 0.05) is 11.3 Å². The van der Waals surface area contributed by atoms with Gasteiger partial charge < -0.3 is 5.32 Å². The molecule has 1 aliphatic carbocycles. The molecule has 0 aromatic rings. The lowest BCUT2D eigenvalue weighted by molar-refractivity contribution is 0.385. The van der Waals surface area contributed by atoms with Gasteiger partial charge in [0.1, 0.15) is 0 Å². The van der Waals surface area contributed by atoms with Gasteiger partial charge in [-0.25, -0.2) is 0 Å². The average Bonchev–Trinajstić information content (AvgIpc) is 2.36. The van der Waals surface area contributed by atoms with Crippen LogP contribution in [0.25, 0.3) is 0 Å². The first-order valence-corrected chi connectivity index (χ1v) is 8.88. The fourth-order valence-corrected chi connectivity index (χ4v) is 4.13. The van der Waals surface area contributed by atoms with Gasteiger partial charge in [-0.1, -0.05) is 19.8 Å². The van der Waals surface area contributed by atoms with Crippen LogP contribution in [0.4, 0.5) is 0 Å². The molecule has 0 heterocycles. The summed E-state index contributed by atoms with van der Waals surface area (Å²) in [6.07, 6.45) is 6.73. The second kappa shape index (κ2) is 10.1. The third-order valence-electron chi connectivity index (χ3n) is 3.12. The molecule has 0 bridgehead atoms. The predicted octanol–water partition coefficient (Wildman–Crippen LogP) is 3.29. The molecule has 2 nitrogen and oxygen atoms in total. The average molecular weight is 272 g/mol. The topological polar surface area (TPSA) is 35.8 Å². The lowest BCUT2D eigenvalue weighted by atomic mass is 9.95. The van der Waals surface area contributed by atoms with Gasteiger partial charge in [-0.3, -0.25) is 0 Å². The Balaban J connectivity index is 2.09. The zero-order valence-electron chi connectivity index (χ0n) is 10.8. The van der Waals surface area contributed by atoms with Gasteiger partial charge in [0.25, 0.3) is 0 Å². The molecular weight excluding hydrogens is 248 g/mol. The third kappa shape index (κ3) is 6.59. The van der Waals surface area contributed by atoms with E-state index in [-0.39, 0.29) is 0 Å². The van der Waals surface area contributed by atoms with E-state index in [1.807, 2.05) is 0 Å². The van der Waals surface area contributed by atoms with Gasteiger partial charge in [-0.05, 0) is 37.3 Å². The monoisotopic (exact) mass is 272 g/mol. The zero-order valence-corrected chi connectivity index (χ0v) is 12.4. The van der Waals surface area contributed by atoms with Crippen molar-refractivity contribution < 1.29 is 0 Å². The third-order valence-corrected chi connectivity index (χ3v) is 5.36. The molecule has 98 valence electrons. The molecule has 0 aromatic heterocycles. The number of hydrogen-bond donors (Lipinski definition) is 1. The van der Waals surface area contributed by atoms with Crippen molar-refractivity contribution in [2.24, 2.45) is 0 Å². The molecule has 1 saturated carbocycles. The van der Waals surface area contributed by atoms with Gasteiger partial charge in [0.05, 0.1) is 11.8 Å². The molecule has 0 spiro atoms. The molecule has 0 aliphatic heterocycles. The Bertz CT molecular complexity index is 226. The summed E-state index contributed by atoms with van der Waals surface area (Å²) in [6, 6.07) is 2.90. The highest BCUT2D eigenvalue weighted by Gasteiger charge is 2.23. The van der Waals surface area contributed by atoms with Crippen LogP contribution in [0.3, 0.4) is 0 Å². The molecule has 0 amide bonds. The van der Waals surface area contributed by atoms with Crippen molar-refractivity contribution in [1.82, 2.24) is 5.32 Å². The first-order chi connectivity index (χ1) is 8.38. The minimum atomic E-state index is 0.637. The van der Waals surface area contributed by atoms with Gasteiger partial charge in [-0.2, -0.15) is 17.0 Å². The van der Waals surface area contributed by atoms with Crippen molar-refractivity contribution in [3.05, 3.63) is 0 Å². The summed E-state index contributed by atoms with van der Waals surface area (Å²) in [6.45, 7) is 3.37. The molecule has 1 aliphatic rings. The molecule has 1 N–H and O–H groups in total. The van der Waals surface area contributed by atoms with Crippen LogP contribution in [0.15, 0.2) is 0 Å². The summed E-state index contributed by atoms with van der Waals surface area (Å²) in [4.78, 5) is 0. The number of hydrogen-bond acceptors (Lipinski definition) is 4. The Morgan fingerprint density at radius 3 is 2.94 bits per heavy atom. The van der Waals surface area contributed by atoms with E-state index in [2.05, 4.69) is 30.1 Å². The van der Waals surface area contributed by atoms with E-state index in [0.29, 0.717) is 5.75 Å².